The molecule has 0 spiro atoms. The van der Waals surface area contributed by atoms with Gasteiger partial charge in [-0.2, -0.15) is 0 Å². The maximum absolute atomic E-state index is 13.6. The summed E-state index contributed by atoms with van der Waals surface area (Å²) in [5.74, 6) is -1.11. The second-order valence-electron chi connectivity index (χ2n) is 7.31. The van der Waals surface area contributed by atoms with E-state index in [-0.39, 0.29) is 24.7 Å². The molecule has 148 valence electrons. The third-order valence-electron chi connectivity index (χ3n) is 5.45. The van der Waals surface area contributed by atoms with Crippen molar-refractivity contribution in [3.8, 4) is 0 Å². The molecule has 8 heteroatoms. The molecule has 0 amide bonds. The van der Waals surface area contributed by atoms with Crippen LogP contribution in [-0.4, -0.2) is 65.1 Å². The van der Waals surface area contributed by atoms with Crippen LogP contribution in [0.4, 0.5) is 14.7 Å². The molecule has 28 heavy (non-hydrogen) atoms. The standard InChI is InChI=1S/C20H22F2N4O2/c21-15-7-13(8-16(22)11-15)14-9-18-17(19(28)10-14)12-23-20(24-18)26-3-1-25(2-4-26)5-6-27/h7-8,11-12,14,27H,1-6,9-10H2/t14-/m1/s1. The summed E-state index contributed by atoms with van der Waals surface area (Å²) in [6.07, 6.45) is 2.21. The number of rotatable bonds is 4. The molecular formula is C20H22F2N4O2. The van der Waals surface area contributed by atoms with Crippen LogP contribution in [0.25, 0.3) is 0 Å². The molecule has 1 aromatic carbocycles. The maximum Gasteiger partial charge on any atom is 0.225 e. The Bertz CT molecular complexity index is 864. The minimum Gasteiger partial charge on any atom is -0.395 e. The van der Waals surface area contributed by atoms with Crippen molar-refractivity contribution in [1.82, 2.24) is 14.9 Å². The monoisotopic (exact) mass is 388 g/mol. The number of hydrogen-bond donors (Lipinski definition) is 1. The van der Waals surface area contributed by atoms with E-state index in [0.717, 1.165) is 32.2 Å². The number of nitrogens with zero attached hydrogens (tertiary/aromatic N) is 4. The van der Waals surface area contributed by atoms with Gasteiger partial charge >= 0.3 is 0 Å². The maximum atomic E-state index is 13.6. The first-order valence-corrected chi connectivity index (χ1v) is 9.47. The minimum atomic E-state index is -0.641. The van der Waals surface area contributed by atoms with E-state index in [9.17, 15) is 13.6 Å². The third kappa shape index (κ3) is 3.88. The van der Waals surface area contributed by atoms with Gasteiger partial charge in [0.25, 0.3) is 0 Å². The Morgan fingerprint density at radius 3 is 2.46 bits per heavy atom. The van der Waals surface area contributed by atoms with Crippen molar-refractivity contribution < 1.29 is 18.7 Å². The van der Waals surface area contributed by atoms with Crippen molar-refractivity contribution in [2.24, 2.45) is 0 Å². The van der Waals surface area contributed by atoms with Crippen LogP contribution >= 0.6 is 0 Å². The summed E-state index contributed by atoms with van der Waals surface area (Å²) in [6.45, 7) is 3.89. The zero-order valence-corrected chi connectivity index (χ0v) is 15.4. The van der Waals surface area contributed by atoms with E-state index in [2.05, 4.69) is 19.8 Å². The predicted octanol–water partition coefficient (Wildman–Crippen LogP) is 1.78. The number of anilines is 1. The Kier molecular flexibility index (Phi) is 5.32. The predicted molar refractivity (Wildman–Crippen MR) is 99.5 cm³/mol. The molecule has 1 saturated heterocycles. The first-order valence-electron chi connectivity index (χ1n) is 9.47. The summed E-state index contributed by atoms with van der Waals surface area (Å²) in [6, 6.07) is 3.40. The number of benzene rings is 1. The topological polar surface area (TPSA) is 69.6 Å². The van der Waals surface area contributed by atoms with Crippen molar-refractivity contribution in [3.05, 3.63) is 52.9 Å². The van der Waals surface area contributed by atoms with Crippen LogP contribution in [0.1, 0.15) is 34.0 Å². The SMILES string of the molecule is O=C1C[C@H](c2cc(F)cc(F)c2)Cc2nc(N3CCN(CCO)CC3)ncc21. The van der Waals surface area contributed by atoms with Gasteiger partial charge in [0.2, 0.25) is 5.95 Å². The van der Waals surface area contributed by atoms with Gasteiger partial charge in [-0.1, -0.05) is 0 Å². The van der Waals surface area contributed by atoms with Crippen LogP contribution < -0.4 is 4.90 Å². The second kappa shape index (κ2) is 7.89. The van der Waals surface area contributed by atoms with E-state index >= 15 is 0 Å². The third-order valence-corrected chi connectivity index (χ3v) is 5.45. The van der Waals surface area contributed by atoms with Crippen LogP contribution in [0.2, 0.25) is 0 Å². The van der Waals surface area contributed by atoms with E-state index in [1.54, 1.807) is 6.20 Å². The van der Waals surface area contributed by atoms with E-state index in [0.29, 0.717) is 35.7 Å². The lowest BCUT2D eigenvalue weighted by molar-refractivity contribution is 0.0962. The molecule has 2 heterocycles. The average Bonchev–Trinajstić information content (AvgIpc) is 2.67. The molecule has 0 saturated carbocycles. The lowest BCUT2D eigenvalue weighted by Gasteiger charge is -2.34. The van der Waals surface area contributed by atoms with Gasteiger partial charge in [0.05, 0.1) is 17.9 Å². The quantitative estimate of drug-likeness (QED) is 0.861. The molecule has 6 nitrogen and oxygen atoms in total. The van der Waals surface area contributed by atoms with E-state index in [1.165, 1.54) is 12.1 Å². The number of halogens is 2. The first-order chi connectivity index (χ1) is 13.5. The number of aliphatic hydroxyl groups is 1. The zero-order chi connectivity index (χ0) is 19.7. The van der Waals surface area contributed by atoms with Crippen molar-refractivity contribution >= 4 is 11.7 Å². The molecule has 4 rings (SSSR count). The van der Waals surface area contributed by atoms with Gasteiger partial charge in [-0.05, 0) is 30.0 Å². The Morgan fingerprint density at radius 1 is 1.07 bits per heavy atom. The minimum absolute atomic E-state index is 0.102. The van der Waals surface area contributed by atoms with Crippen LogP contribution in [-0.2, 0) is 6.42 Å². The van der Waals surface area contributed by atoms with Crippen LogP contribution in [0.15, 0.2) is 24.4 Å². The molecule has 2 aromatic rings. The fraction of sp³-hybridized carbons (Fsp3) is 0.450. The molecule has 1 aliphatic carbocycles. The van der Waals surface area contributed by atoms with E-state index in [1.807, 2.05) is 0 Å². The molecule has 2 aliphatic rings. The van der Waals surface area contributed by atoms with Gasteiger partial charge < -0.3 is 10.0 Å². The number of aromatic nitrogens is 2. The molecule has 1 aliphatic heterocycles. The summed E-state index contributed by atoms with van der Waals surface area (Å²) in [7, 11) is 0. The molecule has 0 unspecified atom stereocenters. The molecular weight excluding hydrogens is 366 g/mol. The number of fused-ring (bicyclic) bond motifs is 1. The van der Waals surface area contributed by atoms with Crippen molar-refractivity contribution in [3.63, 3.8) is 0 Å². The molecule has 1 atom stereocenters. The highest BCUT2D eigenvalue weighted by Crippen LogP contribution is 2.33. The first kappa shape index (κ1) is 18.9. The number of piperazine rings is 1. The largest absolute Gasteiger partial charge is 0.395 e. The Balaban J connectivity index is 1.55. The van der Waals surface area contributed by atoms with Crippen molar-refractivity contribution in [1.29, 1.82) is 0 Å². The Morgan fingerprint density at radius 2 is 1.79 bits per heavy atom. The average molecular weight is 388 g/mol. The zero-order valence-electron chi connectivity index (χ0n) is 15.4. The fourth-order valence-corrected chi connectivity index (χ4v) is 3.95. The van der Waals surface area contributed by atoms with Gasteiger partial charge in [-0.15, -0.1) is 0 Å². The number of carbonyl (C=O) groups is 1. The highest BCUT2D eigenvalue weighted by Gasteiger charge is 2.29. The lowest BCUT2D eigenvalue weighted by atomic mass is 9.82. The fourth-order valence-electron chi connectivity index (χ4n) is 3.95. The highest BCUT2D eigenvalue weighted by atomic mass is 19.1. The highest BCUT2D eigenvalue weighted by molar-refractivity contribution is 5.98. The van der Waals surface area contributed by atoms with Gasteiger partial charge in [0.1, 0.15) is 11.6 Å². The molecule has 0 bridgehead atoms. The molecule has 1 fully saturated rings. The molecule has 1 N–H and O–H groups in total. The summed E-state index contributed by atoms with van der Waals surface area (Å²) in [5, 5.41) is 9.05. The van der Waals surface area contributed by atoms with Gasteiger partial charge in [-0.25, -0.2) is 18.7 Å². The summed E-state index contributed by atoms with van der Waals surface area (Å²) in [4.78, 5) is 25.8. The molecule has 0 radical (unpaired) electrons. The second-order valence-corrected chi connectivity index (χ2v) is 7.31. The van der Waals surface area contributed by atoms with Gasteiger partial charge in [-0.3, -0.25) is 9.69 Å². The molecule has 1 aromatic heterocycles. The normalized spacial score (nSPS) is 20.3. The summed E-state index contributed by atoms with van der Waals surface area (Å²) < 4.78 is 27.2. The Hall–Kier alpha value is -2.45. The van der Waals surface area contributed by atoms with Gasteiger partial charge in [0, 0.05) is 51.4 Å². The van der Waals surface area contributed by atoms with E-state index in [4.69, 9.17) is 5.11 Å². The van der Waals surface area contributed by atoms with E-state index < -0.39 is 11.6 Å². The summed E-state index contributed by atoms with van der Waals surface area (Å²) >= 11 is 0. The van der Waals surface area contributed by atoms with Crippen molar-refractivity contribution in [2.45, 2.75) is 18.8 Å². The number of Topliss-reactive ketones (excluding diaryl/α,β-unsaturated/α-hetero) is 1. The van der Waals surface area contributed by atoms with Crippen LogP contribution in [0.3, 0.4) is 0 Å². The van der Waals surface area contributed by atoms with Crippen LogP contribution in [0, 0.1) is 11.6 Å². The number of aliphatic hydroxyl groups excluding tert-OH is 1. The number of ketones is 1. The van der Waals surface area contributed by atoms with Gasteiger partial charge in [0.15, 0.2) is 5.78 Å². The smallest absolute Gasteiger partial charge is 0.225 e. The van der Waals surface area contributed by atoms with Crippen molar-refractivity contribution in [2.75, 3.05) is 44.2 Å². The number of β-amino-alcohol motifs (C(OH)–C–C–N with tert-alkyl or cyclic N) is 1. The number of carbonyl (C=O) groups excluding carboxylic acids is 1. The lowest BCUT2D eigenvalue weighted by Crippen LogP contribution is -2.47. The van der Waals surface area contributed by atoms with Crippen LogP contribution in [0.5, 0.6) is 0 Å². The number of hydrogen-bond acceptors (Lipinski definition) is 6. The summed E-state index contributed by atoms with van der Waals surface area (Å²) in [5.41, 5.74) is 1.61. The Labute approximate surface area is 161 Å².